The minimum absolute atomic E-state index is 0.0182. The van der Waals surface area contributed by atoms with E-state index in [0.717, 1.165) is 6.08 Å². The van der Waals surface area contributed by atoms with E-state index in [1.54, 1.807) is 12.1 Å². The summed E-state index contributed by atoms with van der Waals surface area (Å²) in [4.78, 5) is 34.3. The summed E-state index contributed by atoms with van der Waals surface area (Å²) >= 11 is 0. The Bertz CT molecular complexity index is 565. The second-order valence-corrected chi connectivity index (χ2v) is 4.12. The summed E-state index contributed by atoms with van der Waals surface area (Å²) in [5.41, 5.74) is 0.0761. The lowest BCUT2D eigenvalue weighted by atomic mass is 10.1. The summed E-state index contributed by atoms with van der Waals surface area (Å²) in [5, 5.41) is 9.53. The van der Waals surface area contributed by atoms with Crippen LogP contribution in [0.4, 0.5) is 0 Å². The first-order valence-corrected chi connectivity index (χ1v) is 6.31. The van der Waals surface area contributed by atoms with Gasteiger partial charge < -0.3 is 19.3 Å². The zero-order valence-electron chi connectivity index (χ0n) is 12.0. The molecular formula is C15H16O7. The average molecular weight is 308 g/mol. The molecule has 0 saturated carbocycles. The molecule has 0 aliphatic heterocycles. The fourth-order valence-corrected chi connectivity index (χ4v) is 1.48. The molecule has 7 heteroatoms. The number of aliphatic hydroxyl groups excluding tert-OH is 1. The Balaban J connectivity index is 2.61. The third-order valence-corrected chi connectivity index (χ3v) is 2.54. The van der Waals surface area contributed by atoms with E-state index in [1.807, 2.05) is 0 Å². The first-order chi connectivity index (χ1) is 10.5. The average Bonchev–Trinajstić information content (AvgIpc) is 2.56. The molecule has 1 aromatic carbocycles. The zero-order chi connectivity index (χ0) is 16.5. The van der Waals surface area contributed by atoms with E-state index < -0.39 is 30.6 Å². The maximum Gasteiger partial charge on any atom is 0.339 e. The lowest BCUT2D eigenvalue weighted by molar-refractivity contribution is -0.141. The summed E-state index contributed by atoms with van der Waals surface area (Å²) in [5.74, 6) is -2.16. The highest BCUT2D eigenvalue weighted by atomic mass is 16.6. The SMILES string of the molecule is C=CC(=O)OCC(O)COC(=O)c1ccccc1C(=O)OC. The van der Waals surface area contributed by atoms with Gasteiger partial charge in [0.15, 0.2) is 0 Å². The monoisotopic (exact) mass is 308 g/mol. The largest absolute Gasteiger partial charge is 0.465 e. The molecule has 1 rings (SSSR count). The molecular weight excluding hydrogens is 292 g/mol. The normalized spacial score (nSPS) is 11.2. The number of hydrogen-bond acceptors (Lipinski definition) is 7. The molecule has 0 heterocycles. The molecule has 0 amide bonds. The molecule has 1 unspecified atom stereocenters. The number of esters is 3. The van der Waals surface area contributed by atoms with Crippen LogP contribution in [-0.4, -0.2) is 49.4 Å². The first-order valence-electron chi connectivity index (χ1n) is 6.31. The highest BCUT2D eigenvalue weighted by Crippen LogP contribution is 2.11. The molecule has 0 aliphatic carbocycles. The maximum absolute atomic E-state index is 11.9. The van der Waals surface area contributed by atoms with Crippen molar-refractivity contribution in [3.05, 3.63) is 48.0 Å². The van der Waals surface area contributed by atoms with Crippen LogP contribution in [-0.2, 0) is 19.0 Å². The van der Waals surface area contributed by atoms with Crippen molar-refractivity contribution in [1.29, 1.82) is 0 Å². The summed E-state index contributed by atoms with van der Waals surface area (Å²) in [6, 6.07) is 5.96. The summed E-state index contributed by atoms with van der Waals surface area (Å²) in [6.45, 7) is 2.47. The molecule has 0 fully saturated rings. The molecule has 1 atom stereocenters. The van der Waals surface area contributed by atoms with Gasteiger partial charge in [0.25, 0.3) is 0 Å². The number of benzene rings is 1. The highest BCUT2D eigenvalue weighted by Gasteiger charge is 2.19. The lowest BCUT2D eigenvalue weighted by Gasteiger charge is -2.12. The molecule has 22 heavy (non-hydrogen) atoms. The molecule has 1 aromatic rings. The Morgan fingerprint density at radius 2 is 1.68 bits per heavy atom. The summed E-state index contributed by atoms with van der Waals surface area (Å²) in [6.07, 6.45) is -0.233. The van der Waals surface area contributed by atoms with E-state index in [2.05, 4.69) is 16.1 Å². The second-order valence-electron chi connectivity index (χ2n) is 4.12. The Kier molecular flexibility index (Phi) is 6.78. The third kappa shape index (κ3) is 5.02. The van der Waals surface area contributed by atoms with Gasteiger partial charge in [-0.2, -0.15) is 0 Å². The maximum atomic E-state index is 11.9. The van der Waals surface area contributed by atoms with E-state index in [4.69, 9.17) is 4.74 Å². The van der Waals surface area contributed by atoms with E-state index in [1.165, 1.54) is 19.2 Å². The molecule has 1 N–H and O–H groups in total. The van der Waals surface area contributed by atoms with E-state index in [-0.39, 0.29) is 17.7 Å². The van der Waals surface area contributed by atoms with Gasteiger partial charge in [-0.05, 0) is 12.1 Å². The molecule has 0 radical (unpaired) electrons. The number of hydrogen-bond donors (Lipinski definition) is 1. The first kappa shape index (κ1) is 17.4. The van der Waals surface area contributed by atoms with Gasteiger partial charge in [0.05, 0.1) is 18.2 Å². The number of ether oxygens (including phenoxy) is 3. The predicted molar refractivity (Wildman–Crippen MR) is 75.2 cm³/mol. The van der Waals surface area contributed by atoms with Crippen LogP contribution in [0.15, 0.2) is 36.9 Å². The lowest BCUT2D eigenvalue weighted by Crippen LogP contribution is -2.25. The van der Waals surface area contributed by atoms with E-state index >= 15 is 0 Å². The Hall–Kier alpha value is -2.67. The van der Waals surface area contributed by atoms with Crippen molar-refractivity contribution in [3.8, 4) is 0 Å². The Labute approximate surface area is 127 Å². The molecule has 0 aromatic heterocycles. The van der Waals surface area contributed by atoms with Crippen molar-refractivity contribution >= 4 is 17.9 Å². The van der Waals surface area contributed by atoms with Crippen LogP contribution in [0.25, 0.3) is 0 Å². The standard InChI is InChI=1S/C15H16O7/c1-3-13(17)21-8-10(16)9-22-15(19)12-7-5-4-6-11(12)14(18)20-2/h3-7,10,16H,1,8-9H2,2H3. The van der Waals surface area contributed by atoms with Crippen LogP contribution in [0.5, 0.6) is 0 Å². The van der Waals surface area contributed by atoms with Gasteiger partial charge in [0.1, 0.15) is 19.3 Å². The van der Waals surface area contributed by atoms with Gasteiger partial charge >= 0.3 is 17.9 Å². The number of methoxy groups -OCH3 is 1. The van der Waals surface area contributed by atoms with Crippen LogP contribution in [0, 0.1) is 0 Å². The molecule has 0 aliphatic rings. The van der Waals surface area contributed by atoms with Crippen LogP contribution in [0.2, 0.25) is 0 Å². The van der Waals surface area contributed by atoms with Gasteiger partial charge in [-0.3, -0.25) is 0 Å². The number of rotatable bonds is 7. The van der Waals surface area contributed by atoms with Crippen LogP contribution in [0.1, 0.15) is 20.7 Å². The quantitative estimate of drug-likeness (QED) is 0.450. The Morgan fingerprint density at radius 3 is 2.23 bits per heavy atom. The fourth-order valence-electron chi connectivity index (χ4n) is 1.48. The number of aliphatic hydroxyl groups is 1. The predicted octanol–water partition coefficient (Wildman–Crippen LogP) is 0.720. The molecule has 0 spiro atoms. The van der Waals surface area contributed by atoms with Crippen molar-refractivity contribution in [2.24, 2.45) is 0 Å². The fraction of sp³-hybridized carbons (Fsp3) is 0.267. The van der Waals surface area contributed by atoms with Crippen molar-refractivity contribution in [3.63, 3.8) is 0 Å². The zero-order valence-corrected chi connectivity index (χ0v) is 12.0. The number of carbonyl (C=O) groups is 3. The molecule has 0 saturated heterocycles. The van der Waals surface area contributed by atoms with Crippen molar-refractivity contribution < 1.29 is 33.7 Å². The van der Waals surface area contributed by atoms with Gasteiger partial charge in [-0.15, -0.1) is 0 Å². The van der Waals surface area contributed by atoms with Crippen molar-refractivity contribution in [2.45, 2.75) is 6.10 Å². The smallest absolute Gasteiger partial charge is 0.339 e. The van der Waals surface area contributed by atoms with Crippen LogP contribution >= 0.6 is 0 Å². The van der Waals surface area contributed by atoms with E-state index in [0.29, 0.717) is 0 Å². The second kappa shape index (κ2) is 8.58. The minimum atomic E-state index is -1.18. The van der Waals surface area contributed by atoms with Crippen molar-refractivity contribution in [2.75, 3.05) is 20.3 Å². The summed E-state index contributed by atoms with van der Waals surface area (Å²) in [7, 11) is 1.20. The van der Waals surface area contributed by atoms with E-state index in [9.17, 15) is 19.5 Å². The van der Waals surface area contributed by atoms with Crippen LogP contribution in [0.3, 0.4) is 0 Å². The van der Waals surface area contributed by atoms with Gasteiger partial charge in [-0.25, -0.2) is 14.4 Å². The Morgan fingerprint density at radius 1 is 1.14 bits per heavy atom. The third-order valence-electron chi connectivity index (χ3n) is 2.54. The highest BCUT2D eigenvalue weighted by molar-refractivity contribution is 6.03. The van der Waals surface area contributed by atoms with Gasteiger partial charge in [0.2, 0.25) is 0 Å². The topological polar surface area (TPSA) is 99.1 Å². The van der Waals surface area contributed by atoms with Gasteiger partial charge in [0, 0.05) is 6.08 Å². The molecule has 0 bridgehead atoms. The minimum Gasteiger partial charge on any atom is -0.465 e. The molecule has 7 nitrogen and oxygen atoms in total. The van der Waals surface area contributed by atoms with Gasteiger partial charge in [-0.1, -0.05) is 18.7 Å². The van der Waals surface area contributed by atoms with Crippen molar-refractivity contribution in [1.82, 2.24) is 0 Å². The molecule has 118 valence electrons. The van der Waals surface area contributed by atoms with Crippen LogP contribution < -0.4 is 0 Å². The number of carbonyl (C=O) groups excluding carboxylic acids is 3. The summed E-state index contributed by atoms with van der Waals surface area (Å²) < 4.78 is 14.0.